The molecule has 1 amide bonds. The maximum atomic E-state index is 11.9. The van der Waals surface area contributed by atoms with Gasteiger partial charge in [-0.2, -0.15) is 0 Å². The van der Waals surface area contributed by atoms with Crippen LogP contribution in [-0.2, 0) is 15.9 Å². The van der Waals surface area contributed by atoms with Gasteiger partial charge >= 0.3 is 29.6 Å². The van der Waals surface area contributed by atoms with Crippen LogP contribution in [0.4, 0.5) is 5.69 Å². The van der Waals surface area contributed by atoms with E-state index in [0.717, 1.165) is 12.8 Å². The summed E-state index contributed by atoms with van der Waals surface area (Å²) in [5.41, 5.74) is 0.641. The van der Waals surface area contributed by atoms with E-state index in [0.29, 0.717) is 12.1 Å². The Morgan fingerprint density at radius 1 is 0.885 bits per heavy atom. The van der Waals surface area contributed by atoms with Crippen LogP contribution in [0.25, 0.3) is 0 Å². The molecular formula is C20H32NNaO3S. The minimum Gasteiger partial charge on any atom is -0.768 e. The summed E-state index contributed by atoms with van der Waals surface area (Å²) in [6.45, 7) is 2.24. The minimum absolute atomic E-state index is 0. The van der Waals surface area contributed by atoms with Crippen LogP contribution >= 0.6 is 0 Å². The molecule has 142 valence electrons. The van der Waals surface area contributed by atoms with Crippen molar-refractivity contribution in [1.29, 1.82) is 0 Å². The summed E-state index contributed by atoms with van der Waals surface area (Å²) in [5.74, 6) is -0.00748. The fraction of sp³-hybridized carbons (Fsp3) is 0.650. The molecule has 1 atom stereocenters. The van der Waals surface area contributed by atoms with Gasteiger partial charge < -0.3 is 9.87 Å². The van der Waals surface area contributed by atoms with Gasteiger partial charge in [0.15, 0.2) is 0 Å². The van der Waals surface area contributed by atoms with E-state index in [2.05, 4.69) is 12.2 Å². The van der Waals surface area contributed by atoms with Crippen molar-refractivity contribution in [3.8, 4) is 0 Å². The van der Waals surface area contributed by atoms with E-state index in [1.165, 1.54) is 69.9 Å². The molecule has 1 rings (SSSR count). The first kappa shape index (κ1) is 25.8. The molecule has 0 aromatic heterocycles. The number of carbonyl (C=O) groups excluding carboxylic acids is 1. The summed E-state index contributed by atoms with van der Waals surface area (Å²) in [5, 5.41) is 2.80. The SMILES string of the molecule is CCCCCCCCCCCCCC(=O)Nc1ccc(S(=O)[O-])cc1.[Na+]. The van der Waals surface area contributed by atoms with Crippen LogP contribution in [-0.4, -0.2) is 14.7 Å². The van der Waals surface area contributed by atoms with Gasteiger partial charge in [-0.25, -0.2) is 0 Å². The van der Waals surface area contributed by atoms with E-state index in [4.69, 9.17) is 0 Å². The Labute approximate surface area is 183 Å². The Morgan fingerprint density at radius 2 is 1.35 bits per heavy atom. The first-order chi connectivity index (χ1) is 12.1. The smallest absolute Gasteiger partial charge is 0.768 e. The van der Waals surface area contributed by atoms with Gasteiger partial charge in [0.05, 0.1) is 0 Å². The van der Waals surface area contributed by atoms with Gasteiger partial charge in [0.25, 0.3) is 0 Å². The van der Waals surface area contributed by atoms with Gasteiger partial charge in [0, 0.05) is 17.0 Å². The quantitative estimate of drug-likeness (QED) is 0.302. The van der Waals surface area contributed by atoms with E-state index in [1.54, 1.807) is 12.1 Å². The van der Waals surface area contributed by atoms with Crippen molar-refractivity contribution in [3.05, 3.63) is 24.3 Å². The van der Waals surface area contributed by atoms with Crippen LogP contribution in [0.15, 0.2) is 29.2 Å². The predicted molar refractivity (Wildman–Crippen MR) is 103 cm³/mol. The topological polar surface area (TPSA) is 69.2 Å². The number of rotatable bonds is 14. The molecule has 26 heavy (non-hydrogen) atoms. The van der Waals surface area contributed by atoms with Crippen LogP contribution in [0.2, 0.25) is 0 Å². The van der Waals surface area contributed by atoms with Gasteiger partial charge in [0.1, 0.15) is 0 Å². The number of benzene rings is 1. The molecule has 0 aliphatic rings. The second-order valence-corrected chi connectivity index (χ2v) is 7.53. The molecule has 1 aromatic carbocycles. The maximum absolute atomic E-state index is 11.9. The van der Waals surface area contributed by atoms with Crippen LogP contribution in [0, 0.1) is 0 Å². The number of hydrogen-bond acceptors (Lipinski definition) is 3. The van der Waals surface area contributed by atoms with Crippen molar-refractivity contribution in [2.45, 2.75) is 88.9 Å². The summed E-state index contributed by atoms with van der Waals surface area (Å²) in [4.78, 5) is 12.1. The van der Waals surface area contributed by atoms with E-state index in [9.17, 15) is 13.6 Å². The van der Waals surface area contributed by atoms with Gasteiger partial charge in [-0.05, 0) is 41.8 Å². The molecular weight excluding hydrogens is 357 g/mol. The largest absolute Gasteiger partial charge is 1.00 e. The molecule has 0 aliphatic heterocycles. The molecule has 0 heterocycles. The first-order valence-electron chi connectivity index (χ1n) is 9.62. The average molecular weight is 390 g/mol. The summed E-state index contributed by atoms with van der Waals surface area (Å²) < 4.78 is 21.5. The summed E-state index contributed by atoms with van der Waals surface area (Å²) >= 11 is -2.23. The van der Waals surface area contributed by atoms with E-state index < -0.39 is 11.1 Å². The Hall–Kier alpha value is -0.200. The molecule has 4 nitrogen and oxygen atoms in total. The van der Waals surface area contributed by atoms with Crippen molar-refractivity contribution >= 4 is 22.7 Å². The average Bonchev–Trinajstić information content (AvgIpc) is 2.60. The van der Waals surface area contributed by atoms with Crippen molar-refractivity contribution in [1.82, 2.24) is 0 Å². The van der Waals surface area contributed by atoms with Crippen molar-refractivity contribution < 1.29 is 43.1 Å². The molecule has 0 saturated carbocycles. The van der Waals surface area contributed by atoms with Crippen LogP contribution < -0.4 is 34.9 Å². The standard InChI is InChI=1S/C20H33NO3S.Na/c1-2-3-4-5-6-7-8-9-10-11-12-13-20(22)21-18-14-16-19(17-15-18)25(23)24;/h14-17H,2-13H2,1H3,(H,21,22)(H,23,24);/q;+1/p-1. The van der Waals surface area contributed by atoms with Crippen molar-refractivity contribution in [2.75, 3.05) is 5.32 Å². The summed E-state index contributed by atoms with van der Waals surface area (Å²) in [6, 6.07) is 6.20. The number of unbranched alkanes of at least 4 members (excludes halogenated alkanes) is 10. The Bertz CT molecular complexity index is 508. The predicted octanol–water partition coefficient (Wildman–Crippen LogP) is 2.57. The Balaban J connectivity index is 0.00000625. The number of anilines is 1. The van der Waals surface area contributed by atoms with E-state index >= 15 is 0 Å². The molecule has 1 N–H and O–H groups in total. The Kier molecular flexibility index (Phi) is 16.8. The van der Waals surface area contributed by atoms with Crippen molar-refractivity contribution in [3.63, 3.8) is 0 Å². The third-order valence-corrected chi connectivity index (χ3v) is 4.99. The molecule has 1 aromatic rings. The molecule has 1 unspecified atom stereocenters. The zero-order valence-corrected chi connectivity index (χ0v) is 19.2. The molecule has 0 fully saturated rings. The summed E-state index contributed by atoms with van der Waals surface area (Å²) in [6.07, 6.45) is 14.4. The molecule has 0 saturated heterocycles. The molecule has 0 bridgehead atoms. The van der Waals surface area contributed by atoms with Crippen LogP contribution in [0.5, 0.6) is 0 Å². The molecule has 0 spiro atoms. The van der Waals surface area contributed by atoms with E-state index in [1.807, 2.05) is 0 Å². The fourth-order valence-corrected chi connectivity index (χ4v) is 3.18. The fourth-order valence-electron chi connectivity index (χ4n) is 2.82. The molecule has 0 aliphatic carbocycles. The van der Waals surface area contributed by atoms with Crippen molar-refractivity contribution in [2.24, 2.45) is 0 Å². The number of amides is 1. The van der Waals surface area contributed by atoms with Gasteiger partial charge in [0.2, 0.25) is 5.91 Å². The third-order valence-electron chi connectivity index (χ3n) is 4.34. The molecule has 0 radical (unpaired) electrons. The monoisotopic (exact) mass is 389 g/mol. The normalized spacial score (nSPS) is 11.6. The van der Waals surface area contributed by atoms with Gasteiger partial charge in [-0.1, -0.05) is 71.1 Å². The van der Waals surface area contributed by atoms with Crippen LogP contribution in [0.3, 0.4) is 0 Å². The number of hydrogen-bond donors (Lipinski definition) is 1. The zero-order chi connectivity index (χ0) is 18.3. The summed E-state index contributed by atoms with van der Waals surface area (Å²) in [7, 11) is 0. The van der Waals surface area contributed by atoms with Crippen LogP contribution in [0.1, 0.15) is 84.0 Å². The minimum atomic E-state index is -2.23. The first-order valence-corrected chi connectivity index (χ1v) is 10.7. The second kappa shape index (κ2) is 16.9. The maximum Gasteiger partial charge on any atom is 1.00 e. The zero-order valence-electron chi connectivity index (χ0n) is 16.4. The second-order valence-electron chi connectivity index (χ2n) is 6.59. The number of carbonyl (C=O) groups is 1. The van der Waals surface area contributed by atoms with Gasteiger partial charge in [-0.3, -0.25) is 9.00 Å². The third kappa shape index (κ3) is 13.0. The number of nitrogens with one attached hydrogen (secondary N) is 1. The van der Waals surface area contributed by atoms with E-state index in [-0.39, 0.29) is 40.4 Å². The van der Waals surface area contributed by atoms with Gasteiger partial charge in [-0.15, -0.1) is 0 Å². The Morgan fingerprint density at radius 3 is 1.81 bits per heavy atom. The molecule has 6 heteroatoms.